The van der Waals surface area contributed by atoms with Crippen LogP contribution in [0.3, 0.4) is 0 Å². The summed E-state index contributed by atoms with van der Waals surface area (Å²) in [6, 6.07) is 5.89. The van der Waals surface area contributed by atoms with Crippen LogP contribution in [0.2, 0.25) is 0 Å². The van der Waals surface area contributed by atoms with Crippen molar-refractivity contribution in [1.29, 1.82) is 0 Å². The lowest BCUT2D eigenvalue weighted by Gasteiger charge is -2.15. The lowest BCUT2D eigenvalue weighted by Crippen LogP contribution is -2.12. The van der Waals surface area contributed by atoms with Gasteiger partial charge in [-0.05, 0) is 26.0 Å². The Morgan fingerprint density at radius 3 is 2.75 bits per heavy atom. The van der Waals surface area contributed by atoms with E-state index >= 15 is 0 Å². The van der Waals surface area contributed by atoms with Crippen LogP contribution in [0.25, 0.3) is 0 Å². The summed E-state index contributed by atoms with van der Waals surface area (Å²) in [6.45, 7) is 4.09. The molecule has 0 saturated heterocycles. The molecule has 0 bridgehead atoms. The minimum Gasteiger partial charge on any atom is -0.261 e. The van der Waals surface area contributed by atoms with Gasteiger partial charge < -0.3 is 0 Å². The molecule has 62 valence electrons. The highest BCUT2D eigenvalue weighted by Crippen LogP contribution is 2.18. The van der Waals surface area contributed by atoms with Crippen molar-refractivity contribution >= 4 is 0 Å². The van der Waals surface area contributed by atoms with Crippen molar-refractivity contribution in [2.75, 3.05) is 0 Å². The monoisotopic (exact) mass is 159 g/mol. The molecule has 0 aliphatic carbocycles. The van der Waals surface area contributed by atoms with Crippen LogP contribution in [0.5, 0.6) is 0 Å². The number of pyridine rings is 1. The van der Waals surface area contributed by atoms with E-state index in [1.54, 1.807) is 6.20 Å². The molecule has 0 radical (unpaired) electrons. The predicted molar refractivity (Wildman–Crippen MR) is 50.6 cm³/mol. The third kappa shape index (κ3) is 2.39. The van der Waals surface area contributed by atoms with Crippen molar-refractivity contribution in [1.82, 2.24) is 4.98 Å². The summed E-state index contributed by atoms with van der Waals surface area (Å²) < 4.78 is 0. The fourth-order valence-corrected chi connectivity index (χ4v) is 1.01. The Balaban J connectivity index is 2.72. The molecule has 0 amide bonds. The van der Waals surface area contributed by atoms with Gasteiger partial charge in [-0.25, -0.2) is 0 Å². The van der Waals surface area contributed by atoms with Crippen molar-refractivity contribution < 1.29 is 0 Å². The van der Waals surface area contributed by atoms with Gasteiger partial charge in [-0.15, -0.1) is 12.3 Å². The lowest BCUT2D eigenvalue weighted by atomic mass is 9.89. The Kier molecular flexibility index (Phi) is 2.50. The lowest BCUT2D eigenvalue weighted by molar-refractivity contribution is 0.494. The highest BCUT2D eigenvalue weighted by molar-refractivity contribution is 5.11. The predicted octanol–water partition coefficient (Wildman–Crippen LogP) is 2.28. The third-order valence-corrected chi connectivity index (χ3v) is 1.74. The molecule has 0 N–H and O–H groups in total. The van der Waals surface area contributed by atoms with Crippen molar-refractivity contribution in [2.24, 2.45) is 5.41 Å². The van der Waals surface area contributed by atoms with Gasteiger partial charge in [0.2, 0.25) is 0 Å². The van der Waals surface area contributed by atoms with Gasteiger partial charge in [-0.3, -0.25) is 4.98 Å². The summed E-state index contributed by atoms with van der Waals surface area (Å²) in [6.07, 6.45) is 8.01. The number of hydrogen-bond acceptors (Lipinski definition) is 1. The second-order valence-corrected chi connectivity index (χ2v) is 3.53. The minimum absolute atomic E-state index is 0.0889. The van der Waals surface area contributed by atoms with Crippen LogP contribution in [0.1, 0.15) is 19.5 Å². The molecule has 0 unspecified atom stereocenters. The summed E-state index contributed by atoms with van der Waals surface area (Å²) in [5.74, 6) is 2.75. The summed E-state index contributed by atoms with van der Waals surface area (Å²) in [5, 5.41) is 0. The van der Waals surface area contributed by atoms with Crippen LogP contribution in [-0.4, -0.2) is 4.98 Å². The SMILES string of the molecule is C#CC(C)(C)Cc1ccccn1. The number of nitrogens with zero attached hydrogens (tertiary/aromatic N) is 1. The Morgan fingerprint density at radius 1 is 1.50 bits per heavy atom. The Bertz CT molecular complexity index is 280. The van der Waals surface area contributed by atoms with Crippen LogP contribution < -0.4 is 0 Å². The van der Waals surface area contributed by atoms with E-state index in [9.17, 15) is 0 Å². The molecule has 0 spiro atoms. The van der Waals surface area contributed by atoms with Crippen LogP contribution in [0.15, 0.2) is 24.4 Å². The summed E-state index contributed by atoms with van der Waals surface area (Å²) in [7, 11) is 0. The second-order valence-electron chi connectivity index (χ2n) is 3.53. The summed E-state index contributed by atoms with van der Waals surface area (Å²) >= 11 is 0. The van der Waals surface area contributed by atoms with E-state index in [2.05, 4.69) is 10.9 Å². The van der Waals surface area contributed by atoms with E-state index in [1.807, 2.05) is 32.0 Å². The topological polar surface area (TPSA) is 12.9 Å². The first-order chi connectivity index (χ1) is 5.64. The zero-order chi connectivity index (χ0) is 9.03. The maximum Gasteiger partial charge on any atom is 0.0418 e. The van der Waals surface area contributed by atoms with Crippen LogP contribution in [0, 0.1) is 17.8 Å². The number of terminal acetylenes is 1. The van der Waals surface area contributed by atoms with E-state index in [0.29, 0.717) is 0 Å². The van der Waals surface area contributed by atoms with E-state index in [-0.39, 0.29) is 5.41 Å². The summed E-state index contributed by atoms with van der Waals surface area (Å²) in [5.41, 5.74) is 0.967. The highest BCUT2D eigenvalue weighted by atomic mass is 14.7. The molecule has 0 saturated carbocycles. The van der Waals surface area contributed by atoms with E-state index < -0.39 is 0 Å². The highest BCUT2D eigenvalue weighted by Gasteiger charge is 2.14. The first-order valence-electron chi connectivity index (χ1n) is 4.02. The molecular formula is C11H13N. The molecule has 1 nitrogen and oxygen atoms in total. The molecule has 0 aliphatic rings. The molecule has 0 atom stereocenters. The van der Waals surface area contributed by atoms with Crippen molar-refractivity contribution in [3.05, 3.63) is 30.1 Å². The average Bonchev–Trinajstić information content (AvgIpc) is 2.06. The molecule has 0 aromatic carbocycles. The summed E-state index contributed by atoms with van der Waals surface area (Å²) in [4.78, 5) is 4.22. The fraction of sp³-hybridized carbons (Fsp3) is 0.364. The van der Waals surface area contributed by atoms with Crippen LogP contribution in [-0.2, 0) is 6.42 Å². The van der Waals surface area contributed by atoms with Gasteiger partial charge in [0.25, 0.3) is 0 Å². The van der Waals surface area contributed by atoms with Gasteiger partial charge in [0.15, 0.2) is 0 Å². The van der Waals surface area contributed by atoms with Gasteiger partial charge in [-0.2, -0.15) is 0 Å². The second kappa shape index (κ2) is 3.40. The van der Waals surface area contributed by atoms with Crippen molar-refractivity contribution in [2.45, 2.75) is 20.3 Å². The number of aromatic nitrogens is 1. The molecular weight excluding hydrogens is 146 g/mol. The smallest absolute Gasteiger partial charge is 0.0418 e. The third-order valence-electron chi connectivity index (χ3n) is 1.74. The molecule has 12 heavy (non-hydrogen) atoms. The molecule has 1 aromatic heterocycles. The zero-order valence-corrected chi connectivity index (χ0v) is 7.54. The van der Waals surface area contributed by atoms with Gasteiger partial charge in [0.1, 0.15) is 0 Å². The maximum atomic E-state index is 5.38. The fourth-order valence-electron chi connectivity index (χ4n) is 1.01. The van der Waals surface area contributed by atoms with E-state index in [0.717, 1.165) is 12.1 Å². The largest absolute Gasteiger partial charge is 0.261 e. The Hall–Kier alpha value is -1.29. The molecule has 1 heteroatoms. The van der Waals surface area contributed by atoms with Crippen molar-refractivity contribution in [3.63, 3.8) is 0 Å². The van der Waals surface area contributed by atoms with E-state index in [1.165, 1.54) is 0 Å². The van der Waals surface area contributed by atoms with Crippen LogP contribution in [0.4, 0.5) is 0 Å². The average molecular weight is 159 g/mol. The Morgan fingerprint density at radius 2 is 2.25 bits per heavy atom. The normalized spacial score (nSPS) is 10.8. The van der Waals surface area contributed by atoms with Gasteiger partial charge in [-0.1, -0.05) is 6.07 Å². The minimum atomic E-state index is -0.0889. The first kappa shape index (κ1) is 8.80. The quantitative estimate of drug-likeness (QED) is 0.603. The van der Waals surface area contributed by atoms with Gasteiger partial charge >= 0.3 is 0 Å². The van der Waals surface area contributed by atoms with Crippen molar-refractivity contribution in [3.8, 4) is 12.3 Å². The van der Waals surface area contributed by atoms with Crippen LogP contribution >= 0.6 is 0 Å². The number of hydrogen-bond donors (Lipinski definition) is 0. The maximum absolute atomic E-state index is 5.38. The van der Waals surface area contributed by atoms with Gasteiger partial charge in [0, 0.05) is 23.7 Å². The number of rotatable bonds is 2. The molecule has 0 aliphatic heterocycles. The molecule has 1 aromatic rings. The standard InChI is InChI=1S/C11H13N/c1-4-11(2,3)9-10-7-5-6-8-12-10/h1,5-8H,9H2,2-3H3. The van der Waals surface area contributed by atoms with E-state index in [4.69, 9.17) is 6.42 Å². The zero-order valence-electron chi connectivity index (χ0n) is 7.54. The Labute approximate surface area is 73.8 Å². The first-order valence-corrected chi connectivity index (χ1v) is 4.02. The molecule has 1 rings (SSSR count). The van der Waals surface area contributed by atoms with Gasteiger partial charge in [0.05, 0.1) is 0 Å². The molecule has 0 fully saturated rings. The molecule has 1 heterocycles.